The van der Waals surface area contributed by atoms with Gasteiger partial charge in [-0.1, -0.05) is 6.07 Å². The number of aryl methyl sites for hydroxylation is 1. The van der Waals surface area contributed by atoms with Crippen LogP contribution in [0.4, 0.5) is 15.2 Å². The third kappa shape index (κ3) is 4.30. The molecular formula is C17H14FN3O3S. The lowest BCUT2D eigenvalue weighted by Gasteiger charge is -2.03. The van der Waals surface area contributed by atoms with Crippen LogP contribution in [-0.4, -0.2) is 16.8 Å². The van der Waals surface area contributed by atoms with Gasteiger partial charge in [0.05, 0.1) is 23.9 Å². The Hall–Kier alpha value is -3.00. The third-order valence-electron chi connectivity index (χ3n) is 3.33. The molecule has 2 N–H and O–H groups in total. The number of rotatable bonds is 5. The molecular weight excluding hydrogens is 345 g/mol. The van der Waals surface area contributed by atoms with E-state index in [0.717, 1.165) is 0 Å². The fourth-order valence-electron chi connectivity index (χ4n) is 2.17. The molecule has 0 atom stereocenters. The molecule has 128 valence electrons. The van der Waals surface area contributed by atoms with E-state index in [0.29, 0.717) is 27.8 Å². The topological polar surface area (TPSA) is 84.2 Å². The molecule has 1 aromatic carbocycles. The Morgan fingerprint density at radius 3 is 2.84 bits per heavy atom. The first-order chi connectivity index (χ1) is 12.0. The summed E-state index contributed by atoms with van der Waals surface area (Å²) in [5.41, 5.74) is 1.32. The summed E-state index contributed by atoms with van der Waals surface area (Å²) in [6, 6.07) is 7.22. The van der Waals surface area contributed by atoms with Crippen molar-refractivity contribution in [3.63, 3.8) is 0 Å². The molecule has 0 aliphatic carbocycles. The minimum atomic E-state index is -0.425. The van der Waals surface area contributed by atoms with Gasteiger partial charge in [0.15, 0.2) is 5.13 Å². The maximum absolute atomic E-state index is 13.1. The SMILES string of the molecule is Cc1occc1C(=O)Nc1nc(CC(=O)Nc2cccc(F)c2)cs1. The lowest BCUT2D eigenvalue weighted by Crippen LogP contribution is -2.15. The Labute approximate surface area is 146 Å². The molecule has 6 nitrogen and oxygen atoms in total. The fourth-order valence-corrected chi connectivity index (χ4v) is 2.87. The molecule has 0 saturated heterocycles. The lowest BCUT2D eigenvalue weighted by molar-refractivity contribution is -0.115. The molecule has 0 unspecified atom stereocenters. The zero-order valence-electron chi connectivity index (χ0n) is 13.2. The van der Waals surface area contributed by atoms with Gasteiger partial charge < -0.3 is 9.73 Å². The zero-order chi connectivity index (χ0) is 17.8. The van der Waals surface area contributed by atoms with Crippen LogP contribution in [0.25, 0.3) is 0 Å². The number of nitrogens with zero attached hydrogens (tertiary/aromatic N) is 1. The average molecular weight is 359 g/mol. The number of hydrogen-bond acceptors (Lipinski definition) is 5. The normalized spacial score (nSPS) is 10.5. The highest BCUT2D eigenvalue weighted by Gasteiger charge is 2.14. The number of benzene rings is 1. The Bertz CT molecular complexity index is 919. The Balaban J connectivity index is 1.59. The smallest absolute Gasteiger partial charge is 0.260 e. The van der Waals surface area contributed by atoms with Crippen molar-refractivity contribution >= 4 is 34.0 Å². The van der Waals surface area contributed by atoms with Crippen LogP contribution in [0.1, 0.15) is 21.8 Å². The molecule has 0 aliphatic rings. The summed E-state index contributed by atoms with van der Waals surface area (Å²) in [6.07, 6.45) is 1.46. The van der Waals surface area contributed by atoms with E-state index in [1.807, 2.05) is 0 Å². The van der Waals surface area contributed by atoms with Crippen molar-refractivity contribution in [2.45, 2.75) is 13.3 Å². The van der Waals surface area contributed by atoms with Crippen LogP contribution in [0.2, 0.25) is 0 Å². The second-order valence-electron chi connectivity index (χ2n) is 5.22. The number of hydrogen-bond donors (Lipinski definition) is 2. The van der Waals surface area contributed by atoms with Gasteiger partial charge in [-0.05, 0) is 31.2 Å². The molecule has 3 aromatic rings. The number of amides is 2. The standard InChI is InChI=1S/C17H14FN3O3S/c1-10-14(5-6-24-10)16(23)21-17-20-13(9-25-17)8-15(22)19-12-4-2-3-11(18)7-12/h2-7,9H,8H2,1H3,(H,19,22)(H,20,21,23). The molecule has 0 saturated carbocycles. The minimum absolute atomic E-state index is 0.0215. The highest BCUT2D eigenvalue weighted by Crippen LogP contribution is 2.19. The third-order valence-corrected chi connectivity index (χ3v) is 4.13. The van der Waals surface area contributed by atoms with E-state index in [1.165, 1.54) is 35.8 Å². The van der Waals surface area contributed by atoms with Gasteiger partial charge in [-0.25, -0.2) is 9.37 Å². The van der Waals surface area contributed by atoms with Crippen LogP contribution in [0.15, 0.2) is 46.4 Å². The highest BCUT2D eigenvalue weighted by molar-refractivity contribution is 7.14. The number of thiazole rings is 1. The van der Waals surface area contributed by atoms with Crippen molar-refractivity contribution in [1.29, 1.82) is 0 Å². The lowest BCUT2D eigenvalue weighted by atomic mass is 10.2. The van der Waals surface area contributed by atoms with Gasteiger partial charge in [0.25, 0.3) is 5.91 Å². The number of anilines is 2. The predicted molar refractivity (Wildman–Crippen MR) is 92.2 cm³/mol. The monoisotopic (exact) mass is 359 g/mol. The number of nitrogens with one attached hydrogen (secondary N) is 2. The number of carbonyl (C=O) groups is 2. The van der Waals surface area contributed by atoms with Crippen molar-refractivity contribution in [2.75, 3.05) is 10.6 Å². The summed E-state index contributed by atoms with van der Waals surface area (Å²) in [7, 11) is 0. The van der Waals surface area contributed by atoms with Crippen LogP contribution in [0.5, 0.6) is 0 Å². The first-order valence-corrected chi connectivity index (χ1v) is 8.24. The first-order valence-electron chi connectivity index (χ1n) is 7.36. The van der Waals surface area contributed by atoms with E-state index in [4.69, 9.17) is 4.42 Å². The molecule has 2 heterocycles. The quantitative estimate of drug-likeness (QED) is 0.729. The van der Waals surface area contributed by atoms with Crippen molar-refractivity contribution in [3.8, 4) is 0 Å². The van der Waals surface area contributed by atoms with Gasteiger partial charge in [-0.3, -0.25) is 14.9 Å². The van der Waals surface area contributed by atoms with Crippen molar-refractivity contribution in [3.05, 3.63) is 64.8 Å². The molecule has 8 heteroatoms. The van der Waals surface area contributed by atoms with Crippen LogP contribution in [0, 0.1) is 12.7 Å². The minimum Gasteiger partial charge on any atom is -0.469 e. The molecule has 0 fully saturated rings. The van der Waals surface area contributed by atoms with Gasteiger partial charge in [-0.2, -0.15) is 0 Å². The van der Waals surface area contributed by atoms with Gasteiger partial charge in [-0.15, -0.1) is 11.3 Å². The molecule has 0 radical (unpaired) electrons. The molecule has 2 aromatic heterocycles. The summed E-state index contributed by atoms with van der Waals surface area (Å²) in [4.78, 5) is 28.3. The van der Waals surface area contributed by atoms with E-state index in [1.54, 1.807) is 24.4 Å². The predicted octanol–water partition coefficient (Wildman–Crippen LogP) is 3.62. The van der Waals surface area contributed by atoms with E-state index in [9.17, 15) is 14.0 Å². The Morgan fingerprint density at radius 1 is 1.28 bits per heavy atom. The first kappa shape index (κ1) is 16.8. The summed E-state index contributed by atoms with van der Waals surface area (Å²) in [6.45, 7) is 1.69. The molecule has 0 bridgehead atoms. The van der Waals surface area contributed by atoms with Crippen LogP contribution >= 0.6 is 11.3 Å². The number of carbonyl (C=O) groups excluding carboxylic acids is 2. The molecule has 0 aliphatic heterocycles. The van der Waals surface area contributed by atoms with E-state index < -0.39 is 5.82 Å². The Kier molecular flexibility index (Phi) is 4.90. The molecule has 2 amide bonds. The van der Waals surface area contributed by atoms with Crippen LogP contribution < -0.4 is 10.6 Å². The summed E-state index contributed by atoms with van der Waals surface area (Å²) >= 11 is 1.22. The maximum atomic E-state index is 13.1. The van der Waals surface area contributed by atoms with Gasteiger partial charge >= 0.3 is 0 Å². The summed E-state index contributed by atoms with van der Waals surface area (Å²) in [5, 5.41) is 7.33. The average Bonchev–Trinajstić information content (AvgIpc) is 3.16. The second-order valence-corrected chi connectivity index (χ2v) is 6.08. The summed E-state index contributed by atoms with van der Waals surface area (Å²) < 4.78 is 18.2. The van der Waals surface area contributed by atoms with Gasteiger partial charge in [0.2, 0.25) is 5.91 Å². The van der Waals surface area contributed by atoms with Crippen LogP contribution in [0.3, 0.4) is 0 Å². The molecule has 3 rings (SSSR count). The van der Waals surface area contributed by atoms with Crippen LogP contribution in [-0.2, 0) is 11.2 Å². The number of furan rings is 1. The second kappa shape index (κ2) is 7.27. The van der Waals surface area contributed by atoms with Gasteiger partial charge in [0, 0.05) is 11.1 Å². The Morgan fingerprint density at radius 2 is 2.12 bits per heavy atom. The molecule has 0 spiro atoms. The van der Waals surface area contributed by atoms with E-state index in [2.05, 4.69) is 15.6 Å². The van der Waals surface area contributed by atoms with E-state index >= 15 is 0 Å². The highest BCUT2D eigenvalue weighted by atomic mass is 32.1. The van der Waals surface area contributed by atoms with Crippen molar-refractivity contribution in [1.82, 2.24) is 4.98 Å². The molecule has 25 heavy (non-hydrogen) atoms. The van der Waals surface area contributed by atoms with Crippen molar-refractivity contribution < 1.29 is 18.4 Å². The largest absolute Gasteiger partial charge is 0.469 e. The number of halogens is 1. The van der Waals surface area contributed by atoms with Crippen molar-refractivity contribution in [2.24, 2.45) is 0 Å². The number of aromatic nitrogens is 1. The fraction of sp³-hybridized carbons (Fsp3) is 0.118. The maximum Gasteiger partial charge on any atom is 0.260 e. The summed E-state index contributed by atoms with van der Waals surface area (Å²) in [5.74, 6) is -0.550. The van der Waals surface area contributed by atoms with E-state index in [-0.39, 0.29) is 18.2 Å². The zero-order valence-corrected chi connectivity index (χ0v) is 14.0. The van der Waals surface area contributed by atoms with Gasteiger partial charge in [0.1, 0.15) is 11.6 Å².